The highest BCUT2D eigenvalue weighted by Crippen LogP contribution is 2.33. The number of thioether (sulfide) groups is 1. The lowest BCUT2D eigenvalue weighted by Gasteiger charge is -2.16. The van der Waals surface area contributed by atoms with Gasteiger partial charge in [-0.2, -0.15) is 11.8 Å². The van der Waals surface area contributed by atoms with E-state index in [0.29, 0.717) is 5.92 Å². The highest BCUT2D eigenvalue weighted by Gasteiger charge is 2.24. The first kappa shape index (κ1) is 9.10. The Kier molecular flexibility index (Phi) is 2.91. The number of hydrogen-bond acceptors (Lipinski definition) is 2. The van der Waals surface area contributed by atoms with Gasteiger partial charge in [0.05, 0.1) is 6.10 Å². The Morgan fingerprint density at radius 1 is 1.31 bits per heavy atom. The monoisotopic (exact) mass is 194 g/mol. The van der Waals surface area contributed by atoms with Crippen LogP contribution in [0.4, 0.5) is 0 Å². The minimum absolute atomic E-state index is 0.254. The second kappa shape index (κ2) is 4.16. The van der Waals surface area contributed by atoms with Crippen LogP contribution in [-0.4, -0.2) is 16.6 Å². The van der Waals surface area contributed by atoms with Crippen LogP contribution in [0.25, 0.3) is 0 Å². The normalized spacial score (nSPS) is 24.5. The predicted molar refractivity (Wildman–Crippen MR) is 56.8 cm³/mol. The lowest BCUT2D eigenvalue weighted by molar-refractivity contribution is 0.121. The Labute approximate surface area is 83.2 Å². The molecule has 1 N–H and O–H groups in total. The summed E-state index contributed by atoms with van der Waals surface area (Å²) >= 11 is 1.95. The van der Waals surface area contributed by atoms with Crippen molar-refractivity contribution in [1.29, 1.82) is 0 Å². The van der Waals surface area contributed by atoms with Crippen molar-refractivity contribution in [3.8, 4) is 0 Å². The van der Waals surface area contributed by atoms with Gasteiger partial charge in [-0.1, -0.05) is 30.3 Å². The molecule has 1 aromatic carbocycles. The molecular weight excluding hydrogens is 180 g/mol. The molecular formula is C11H14OS. The van der Waals surface area contributed by atoms with Gasteiger partial charge in [0.15, 0.2) is 0 Å². The summed E-state index contributed by atoms with van der Waals surface area (Å²) in [6.45, 7) is 0. The summed E-state index contributed by atoms with van der Waals surface area (Å²) < 4.78 is 0. The van der Waals surface area contributed by atoms with Crippen LogP contribution in [0.3, 0.4) is 0 Å². The van der Waals surface area contributed by atoms with Crippen LogP contribution in [0.15, 0.2) is 30.3 Å². The Morgan fingerprint density at radius 3 is 2.69 bits per heavy atom. The van der Waals surface area contributed by atoms with E-state index in [2.05, 4.69) is 0 Å². The molecule has 2 unspecified atom stereocenters. The van der Waals surface area contributed by atoms with E-state index in [0.717, 1.165) is 17.7 Å². The van der Waals surface area contributed by atoms with Gasteiger partial charge in [0.2, 0.25) is 0 Å². The Morgan fingerprint density at radius 2 is 2.08 bits per heavy atom. The Bertz CT molecular complexity index is 254. The number of benzene rings is 1. The molecule has 1 saturated heterocycles. The van der Waals surface area contributed by atoms with Crippen molar-refractivity contribution in [3.63, 3.8) is 0 Å². The molecule has 2 rings (SSSR count). The van der Waals surface area contributed by atoms with Crippen molar-refractivity contribution < 1.29 is 5.11 Å². The third-order valence-corrected chi connectivity index (χ3v) is 3.74. The molecule has 1 heterocycles. The molecule has 13 heavy (non-hydrogen) atoms. The molecule has 0 spiro atoms. The summed E-state index contributed by atoms with van der Waals surface area (Å²) in [5.74, 6) is 2.78. The van der Waals surface area contributed by atoms with Crippen molar-refractivity contribution in [2.24, 2.45) is 5.92 Å². The minimum Gasteiger partial charge on any atom is -0.388 e. The number of aliphatic hydroxyl groups excluding tert-OH is 1. The maximum atomic E-state index is 10.0. The Hall–Kier alpha value is -0.470. The largest absolute Gasteiger partial charge is 0.388 e. The van der Waals surface area contributed by atoms with Gasteiger partial charge in [0.1, 0.15) is 0 Å². The molecule has 0 radical (unpaired) electrons. The van der Waals surface area contributed by atoms with Crippen LogP contribution < -0.4 is 0 Å². The maximum absolute atomic E-state index is 10.0. The lowest BCUT2D eigenvalue weighted by Crippen LogP contribution is -2.11. The molecule has 1 nitrogen and oxygen atoms in total. The van der Waals surface area contributed by atoms with Crippen molar-refractivity contribution in [2.75, 3.05) is 11.5 Å². The molecule has 0 bridgehead atoms. The van der Waals surface area contributed by atoms with Gasteiger partial charge >= 0.3 is 0 Å². The zero-order valence-corrected chi connectivity index (χ0v) is 8.33. The summed E-state index contributed by atoms with van der Waals surface area (Å²) in [5, 5.41) is 10.0. The summed E-state index contributed by atoms with van der Waals surface area (Å²) in [4.78, 5) is 0. The zero-order chi connectivity index (χ0) is 9.10. The van der Waals surface area contributed by atoms with Crippen LogP contribution in [0.2, 0.25) is 0 Å². The van der Waals surface area contributed by atoms with Gasteiger partial charge in [-0.05, 0) is 29.4 Å². The van der Waals surface area contributed by atoms with Gasteiger partial charge < -0.3 is 5.11 Å². The maximum Gasteiger partial charge on any atom is 0.0826 e. The molecule has 0 amide bonds. The molecule has 2 heteroatoms. The van der Waals surface area contributed by atoms with Crippen molar-refractivity contribution in [3.05, 3.63) is 35.9 Å². The predicted octanol–water partition coefficient (Wildman–Crippen LogP) is 2.47. The standard InChI is InChI=1S/C11H14OS/c12-11(10-6-7-13-8-10)9-4-2-1-3-5-9/h1-5,10-12H,6-8H2. The summed E-state index contributed by atoms with van der Waals surface area (Å²) in [5.41, 5.74) is 1.06. The average Bonchev–Trinajstić information content (AvgIpc) is 2.71. The van der Waals surface area contributed by atoms with Gasteiger partial charge in [0, 0.05) is 0 Å². The third kappa shape index (κ3) is 2.06. The topological polar surface area (TPSA) is 20.2 Å². The summed E-state index contributed by atoms with van der Waals surface area (Å²) in [6, 6.07) is 9.97. The first-order valence-electron chi connectivity index (χ1n) is 4.68. The molecule has 1 aliphatic rings. The second-order valence-corrected chi connectivity index (χ2v) is 4.63. The summed E-state index contributed by atoms with van der Waals surface area (Å²) in [7, 11) is 0. The lowest BCUT2D eigenvalue weighted by atomic mass is 9.95. The van der Waals surface area contributed by atoms with Crippen LogP contribution in [-0.2, 0) is 0 Å². The van der Waals surface area contributed by atoms with Crippen molar-refractivity contribution in [2.45, 2.75) is 12.5 Å². The fourth-order valence-corrected chi connectivity index (χ4v) is 3.01. The van der Waals surface area contributed by atoms with Crippen molar-refractivity contribution >= 4 is 11.8 Å². The second-order valence-electron chi connectivity index (χ2n) is 3.48. The van der Waals surface area contributed by atoms with Gasteiger partial charge in [-0.25, -0.2) is 0 Å². The van der Waals surface area contributed by atoms with Crippen LogP contribution in [0.1, 0.15) is 18.1 Å². The van der Waals surface area contributed by atoms with E-state index in [-0.39, 0.29) is 6.10 Å². The summed E-state index contributed by atoms with van der Waals surface area (Å²) in [6.07, 6.45) is 0.900. The number of rotatable bonds is 2. The van der Waals surface area contributed by atoms with Crippen LogP contribution >= 0.6 is 11.8 Å². The van der Waals surface area contributed by atoms with E-state index in [9.17, 15) is 5.11 Å². The molecule has 0 aromatic heterocycles. The fourth-order valence-electron chi connectivity index (χ4n) is 1.72. The van der Waals surface area contributed by atoms with E-state index in [4.69, 9.17) is 0 Å². The fraction of sp³-hybridized carbons (Fsp3) is 0.455. The van der Waals surface area contributed by atoms with Crippen LogP contribution in [0, 0.1) is 5.92 Å². The van der Waals surface area contributed by atoms with E-state index >= 15 is 0 Å². The molecule has 70 valence electrons. The molecule has 2 atom stereocenters. The zero-order valence-electron chi connectivity index (χ0n) is 7.52. The smallest absolute Gasteiger partial charge is 0.0826 e. The van der Waals surface area contributed by atoms with E-state index in [1.165, 1.54) is 5.75 Å². The van der Waals surface area contributed by atoms with Crippen molar-refractivity contribution in [1.82, 2.24) is 0 Å². The van der Waals surface area contributed by atoms with Gasteiger partial charge in [-0.3, -0.25) is 0 Å². The van der Waals surface area contributed by atoms with Gasteiger partial charge in [0.25, 0.3) is 0 Å². The first-order chi connectivity index (χ1) is 6.38. The number of aliphatic hydroxyl groups is 1. The van der Waals surface area contributed by atoms with Crippen LogP contribution in [0.5, 0.6) is 0 Å². The minimum atomic E-state index is -0.254. The third-order valence-electron chi connectivity index (χ3n) is 2.55. The highest BCUT2D eigenvalue weighted by molar-refractivity contribution is 7.99. The molecule has 0 saturated carbocycles. The molecule has 1 aromatic rings. The van der Waals surface area contributed by atoms with E-state index < -0.39 is 0 Å². The number of hydrogen-bond donors (Lipinski definition) is 1. The molecule has 1 fully saturated rings. The molecule has 1 aliphatic heterocycles. The van der Waals surface area contributed by atoms with E-state index in [1.807, 2.05) is 42.1 Å². The molecule has 0 aliphatic carbocycles. The van der Waals surface area contributed by atoms with E-state index in [1.54, 1.807) is 0 Å². The van der Waals surface area contributed by atoms with Gasteiger partial charge in [-0.15, -0.1) is 0 Å². The average molecular weight is 194 g/mol. The Balaban J connectivity index is 2.08. The quantitative estimate of drug-likeness (QED) is 0.780. The first-order valence-corrected chi connectivity index (χ1v) is 5.84. The highest BCUT2D eigenvalue weighted by atomic mass is 32.2. The SMILES string of the molecule is OC(c1ccccc1)C1CCSC1.